The molecule has 1 saturated carbocycles. The molecule has 24 heavy (non-hydrogen) atoms. The third-order valence-electron chi connectivity index (χ3n) is 4.18. The van der Waals surface area contributed by atoms with Gasteiger partial charge in [0.1, 0.15) is 0 Å². The largest absolute Gasteiger partial charge is 0.481 e. The number of carbonyl (C=O) groups excluding carboxylic acids is 2. The molecule has 2 rings (SSSR count). The maximum atomic E-state index is 12.6. The van der Waals surface area contributed by atoms with Crippen LogP contribution in [-0.4, -0.2) is 28.9 Å². The fourth-order valence-corrected chi connectivity index (χ4v) is 3.21. The third-order valence-corrected chi connectivity index (χ3v) is 4.51. The van der Waals surface area contributed by atoms with Crippen molar-refractivity contribution in [2.45, 2.75) is 45.1 Å². The summed E-state index contributed by atoms with van der Waals surface area (Å²) in [6, 6.07) is 4.21. The van der Waals surface area contributed by atoms with Gasteiger partial charge in [-0.3, -0.25) is 14.4 Å². The van der Waals surface area contributed by atoms with Gasteiger partial charge in [-0.25, -0.2) is 0 Å². The van der Waals surface area contributed by atoms with Crippen LogP contribution < -0.4 is 10.6 Å². The minimum Gasteiger partial charge on any atom is -0.481 e. The van der Waals surface area contributed by atoms with E-state index >= 15 is 0 Å². The van der Waals surface area contributed by atoms with Gasteiger partial charge >= 0.3 is 5.97 Å². The van der Waals surface area contributed by atoms with Gasteiger partial charge in [-0.2, -0.15) is 0 Å². The Hall–Kier alpha value is -2.08. The van der Waals surface area contributed by atoms with Crippen LogP contribution in [0.2, 0.25) is 5.02 Å². The summed E-state index contributed by atoms with van der Waals surface area (Å²) in [5.74, 6) is -2.15. The van der Waals surface area contributed by atoms with Crippen LogP contribution in [0, 0.1) is 5.92 Å². The molecule has 0 spiro atoms. The van der Waals surface area contributed by atoms with E-state index in [4.69, 9.17) is 11.6 Å². The fourth-order valence-electron chi connectivity index (χ4n) is 3.00. The van der Waals surface area contributed by atoms with Crippen molar-refractivity contribution in [1.29, 1.82) is 0 Å². The van der Waals surface area contributed by atoms with Crippen LogP contribution in [0.4, 0.5) is 5.69 Å². The molecule has 0 aromatic heterocycles. The highest BCUT2D eigenvalue weighted by Crippen LogP contribution is 2.26. The Morgan fingerprint density at radius 1 is 1.17 bits per heavy atom. The summed E-state index contributed by atoms with van der Waals surface area (Å²) in [6.45, 7) is 1.37. The average Bonchev–Trinajstić information content (AvgIpc) is 2.74. The zero-order chi connectivity index (χ0) is 17.7. The van der Waals surface area contributed by atoms with Crippen molar-refractivity contribution >= 4 is 35.1 Å². The number of carboxylic acid groups (broad SMARTS) is 1. The zero-order valence-corrected chi connectivity index (χ0v) is 14.2. The normalized spacial score (nSPS) is 20.8. The molecule has 0 aliphatic heterocycles. The van der Waals surface area contributed by atoms with E-state index < -0.39 is 23.8 Å². The van der Waals surface area contributed by atoms with Crippen LogP contribution in [0.15, 0.2) is 18.2 Å². The summed E-state index contributed by atoms with van der Waals surface area (Å²) in [4.78, 5) is 35.1. The number of amides is 2. The van der Waals surface area contributed by atoms with E-state index in [0.29, 0.717) is 18.5 Å². The van der Waals surface area contributed by atoms with Gasteiger partial charge in [-0.1, -0.05) is 30.9 Å². The number of carbonyl (C=O) groups is 3. The summed E-state index contributed by atoms with van der Waals surface area (Å²) >= 11 is 6.09. The van der Waals surface area contributed by atoms with Gasteiger partial charge in [-0.05, 0) is 31.0 Å². The first-order valence-electron chi connectivity index (χ1n) is 7.99. The first kappa shape index (κ1) is 18.3. The van der Waals surface area contributed by atoms with Crippen LogP contribution in [0.1, 0.15) is 49.4 Å². The Kier molecular flexibility index (Phi) is 6.20. The van der Waals surface area contributed by atoms with Gasteiger partial charge in [0.05, 0.1) is 16.5 Å². The highest BCUT2D eigenvalue weighted by Gasteiger charge is 2.31. The summed E-state index contributed by atoms with van der Waals surface area (Å²) in [7, 11) is 0. The molecule has 3 N–H and O–H groups in total. The van der Waals surface area contributed by atoms with E-state index in [0.717, 1.165) is 19.3 Å². The predicted octanol–water partition coefficient (Wildman–Crippen LogP) is 3.06. The van der Waals surface area contributed by atoms with Crippen molar-refractivity contribution in [3.8, 4) is 0 Å². The van der Waals surface area contributed by atoms with E-state index in [2.05, 4.69) is 10.6 Å². The van der Waals surface area contributed by atoms with Crippen LogP contribution in [-0.2, 0) is 9.59 Å². The van der Waals surface area contributed by atoms with Crippen molar-refractivity contribution in [2.24, 2.45) is 5.92 Å². The van der Waals surface area contributed by atoms with Crippen LogP contribution in [0.5, 0.6) is 0 Å². The van der Waals surface area contributed by atoms with Gasteiger partial charge in [0.25, 0.3) is 5.91 Å². The molecule has 2 atom stereocenters. The molecule has 1 aromatic carbocycles. The highest BCUT2D eigenvalue weighted by atomic mass is 35.5. The van der Waals surface area contributed by atoms with Crippen molar-refractivity contribution in [1.82, 2.24) is 5.32 Å². The molecular weight excluding hydrogens is 332 g/mol. The number of halogens is 1. The number of hydrogen-bond donors (Lipinski definition) is 3. The Morgan fingerprint density at radius 2 is 1.88 bits per heavy atom. The van der Waals surface area contributed by atoms with E-state index in [1.54, 1.807) is 6.07 Å². The topological polar surface area (TPSA) is 95.5 Å². The van der Waals surface area contributed by atoms with Gasteiger partial charge < -0.3 is 15.7 Å². The predicted molar refractivity (Wildman–Crippen MR) is 91.2 cm³/mol. The first-order valence-corrected chi connectivity index (χ1v) is 8.37. The molecule has 1 fully saturated rings. The Morgan fingerprint density at radius 3 is 2.54 bits per heavy atom. The lowest BCUT2D eigenvalue weighted by Gasteiger charge is -2.23. The Balaban J connectivity index is 2.18. The molecule has 1 aromatic rings. The van der Waals surface area contributed by atoms with Crippen molar-refractivity contribution in [3.63, 3.8) is 0 Å². The molecule has 0 unspecified atom stereocenters. The fraction of sp³-hybridized carbons (Fsp3) is 0.471. The van der Waals surface area contributed by atoms with Gasteiger partial charge in [0.15, 0.2) is 0 Å². The standard InChI is InChI=1S/C17H21ClN2O4/c1-10(21)19-11-7-8-14(18)13(9-11)16(22)20-15-6-4-2-3-5-12(15)17(23)24/h7-9,12,15H,2-6H2,1H3,(H,19,21)(H,20,22)(H,23,24)/t12-,15+/m1/s1. The maximum absolute atomic E-state index is 12.6. The SMILES string of the molecule is CC(=O)Nc1ccc(Cl)c(C(=O)N[C@H]2CCCCC[C@H]2C(=O)O)c1. The molecule has 0 saturated heterocycles. The van der Waals surface area contributed by atoms with Gasteiger partial charge in [0.2, 0.25) is 5.91 Å². The van der Waals surface area contributed by atoms with Crippen molar-refractivity contribution < 1.29 is 19.5 Å². The molecule has 0 radical (unpaired) electrons. The first-order chi connectivity index (χ1) is 11.4. The molecule has 6 nitrogen and oxygen atoms in total. The van der Waals surface area contributed by atoms with Crippen LogP contribution in [0.25, 0.3) is 0 Å². The lowest BCUT2D eigenvalue weighted by Crippen LogP contribution is -2.42. The minimum atomic E-state index is -0.889. The second kappa shape index (κ2) is 8.15. The molecule has 2 amide bonds. The van der Waals surface area contributed by atoms with Crippen LogP contribution in [0.3, 0.4) is 0 Å². The number of rotatable bonds is 4. The maximum Gasteiger partial charge on any atom is 0.308 e. The lowest BCUT2D eigenvalue weighted by atomic mass is 9.94. The monoisotopic (exact) mass is 352 g/mol. The van der Waals surface area contributed by atoms with Crippen molar-refractivity contribution in [2.75, 3.05) is 5.32 Å². The zero-order valence-electron chi connectivity index (χ0n) is 13.5. The Labute approximate surface area is 145 Å². The van der Waals surface area contributed by atoms with E-state index in [1.807, 2.05) is 0 Å². The number of benzene rings is 1. The average molecular weight is 353 g/mol. The Bertz CT molecular complexity index is 647. The van der Waals surface area contributed by atoms with E-state index in [1.165, 1.54) is 19.1 Å². The molecule has 130 valence electrons. The lowest BCUT2D eigenvalue weighted by molar-refractivity contribution is -0.142. The number of anilines is 1. The third kappa shape index (κ3) is 4.71. The van der Waals surface area contributed by atoms with E-state index in [-0.39, 0.29) is 16.5 Å². The van der Waals surface area contributed by atoms with Crippen molar-refractivity contribution in [3.05, 3.63) is 28.8 Å². The molecule has 0 heterocycles. The van der Waals surface area contributed by atoms with Crippen LogP contribution >= 0.6 is 11.6 Å². The van der Waals surface area contributed by atoms with Gasteiger partial charge in [0, 0.05) is 18.7 Å². The molecule has 1 aliphatic rings. The minimum absolute atomic E-state index is 0.219. The molecular formula is C17H21ClN2O4. The molecule has 1 aliphatic carbocycles. The summed E-state index contributed by atoms with van der Waals surface area (Å²) in [6.07, 6.45) is 3.89. The summed E-state index contributed by atoms with van der Waals surface area (Å²) in [5, 5.41) is 15.0. The smallest absolute Gasteiger partial charge is 0.308 e. The number of nitrogens with one attached hydrogen (secondary N) is 2. The highest BCUT2D eigenvalue weighted by molar-refractivity contribution is 6.34. The number of aliphatic carboxylic acids is 1. The number of hydrogen-bond acceptors (Lipinski definition) is 3. The summed E-state index contributed by atoms with van der Waals surface area (Å²) in [5.41, 5.74) is 0.684. The summed E-state index contributed by atoms with van der Waals surface area (Å²) < 4.78 is 0. The number of carboxylic acids is 1. The second-order valence-electron chi connectivity index (χ2n) is 6.04. The quantitative estimate of drug-likeness (QED) is 0.726. The van der Waals surface area contributed by atoms with Gasteiger partial charge in [-0.15, -0.1) is 0 Å². The molecule has 0 bridgehead atoms. The molecule has 7 heteroatoms. The van der Waals surface area contributed by atoms with E-state index in [9.17, 15) is 19.5 Å². The second-order valence-corrected chi connectivity index (χ2v) is 6.45.